The highest BCUT2D eigenvalue weighted by Gasteiger charge is 2.11. The van der Waals surface area contributed by atoms with Gasteiger partial charge in [0.1, 0.15) is 18.3 Å². The molecule has 94 valence electrons. The molecule has 18 heavy (non-hydrogen) atoms. The van der Waals surface area contributed by atoms with Gasteiger partial charge in [-0.25, -0.2) is 9.97 Å². The summed E-state index contributed by atoms with van der Waals surface area (Å²) in [6.45, 7) is 0.339. The number of halogens is 1. The van der Waals surface area contributed by atoms with E-state index in [0.29, 0.717) is 18.2 Å². The first-order valence-electron chi connectivity index (χ1n) is 4.94. The Hall–Kier alpha value is -2.22. The maximum Gasteiger partial charge on any atom is 0.289 e. The molecule has 0 fully saturated rings. The van der Waals surface area contributed by atoms with Crippen LogP contribution in [0.25, 0.3) is 0 Å². The average Bonchev–Trinajstić information content (AvgIpc) is 2.73. The highest BCUT2D eigenvalue weighted by Crippen LogP contribution is 2.23. The van der Waals surface area contributed by atoms with E-state index in [1.54, 1.807) is 18.1 Å². The number of nitrogens with zero attached hydrogens (tertiary/aromatic N) is 5. The topological polar surface area (TPSA) is 98.8 Å². The quantitative estimate of drug-likeness (QED) is 0.664. The van der Waals surface area contributed by atoms with Crippen molar-refractivity contribution in [3.63, 3.8) is 0 Å². The van der Waals surface area contributed by atoms with Gasteiger partial charge in [0.15, 0.2) is 5.82 Å². The Balaban J connectivity index is 2.08. The molecule has 8 nitrogen and oxygen atoms in total. The third-order valence-corrected chi connectivity index (χ3v) is 2.39. The first kappa shape index (κ1) is 12.2. The number of anilines is 1. The summed E-state index contributed by atoms with van der Waals surface area (Å²) in [4.78, 5) is 17.8. The lowest BCUT2D eigenvalue weighted by molar-refractivity contribution is -0.385. The zero-order valence-electron chi connectivity index (χ0n) is 9.37. The molecule has 2 aromatic heterocycles. The molecule has 0 unspecified atom stereocenters. The normalized spacial score (nSPS) is 10.3. The molecule has 1 N–H and O–H groups in total. The van der Waals surface area contributed by atoms with E-state index in [-0.39, 0.29) is 10.7 Å². The lowest BCUT2D eigenvalue weighted by Crippen LogP contribution is -2.04. The molecule has 2 heterocycles. The summed E-state index contributed by atoms with van der Waals surface area (Å²) in [5.41, 5.74) is -0.151. The third-order valence-electron chi connectivity index (χ3n) is 2.10. The molecule has 0 aliphatic rings. The van der Waals surface area contributed by atoms with Crippen LogP contribution in [0, 0.1) is 10.1 Å². The summed E-state index contributed by atoms with van der Waals surface area (Å²) >= 11 is 5.87. The van der Waals surface area contributed by atoms with Gasteiger partial charge >= 0.3 is 0 Å². The number of rotatable bonds is 4. The highest BCUT2D eigenvalue weighted by molar-refractivity contribution is 6.33. The summed E-state index contributed by atoms with van der Waals surface area (Å²) in [5, 5.41) is 17.7. The highest BCUT2D eigenvalue weighted by atomic mass is 35.5. The van der Waals surface area contributed by atoms with Gasteiger partial charge in [-0.3, -0.25) is 14.8 Å². The van der Waals surface area contributed by atoms with Crippen LogP contribution in [0.2, 0.25) is 5.02 Å². The monoisotopic (exact) mass is 268 g/mol. The molecule has 0 saturated carbocycles. The van der Waals surface area contributed by atoms with Crippen molar-refractivity contribution in [1.82, 2.24) is 19.7 Å². The maximum atomic E-state index is 10.5. The number of aromatic nitrogens is 4. The molecule has 0 saturated heterocycles. The van der Waals surface area contributed by atoms with Crippen LogP contribution < -0.4 is 5.32 Å². The van der Waals surface area contributed by atoms with E-state index >= 15 is 0 Å². The van der Waals surface area contributed by atoms with Crippen molar-refractivity contribution in [2.45, 2.75) is 6.54 Å². The summed E-state index contributed by atoms with van der Waals surface area (Å²) < 4.78 is 1.57. The smallest absolute Gasteiger partial charge is 0.289 e. The van der Waals surface area contributed by atoms with Gasteiger partial charge in [0.05, 0.1) is 16.5 Å². The van der Waals surface area contributed by atoms with Gasteiger partial charge in [-0.05, 0) is 0 Å². The Bertz CT molecular complexity index is 584. The van der Waals surface area contributed by atoms with Crippen LogP contribution in [0.1, 0.15) is 5.82 Å². The predicted molar refractivity (Wildman–Crippen MR) is 64.2 cm³/mol. The zero-order chi connectivity index (χ0) is 13.1. The molecule has 0 aromatic carbocycles. The number of aryl methyl sites for hydroxylation is 1. The van der Waals surface area contributed by atoms with E-state index in [0.717, 1.165) is 6.20 Å². The van der Waals surface area contributed by atoms with E-state index in [9.17, 15) is 10.1 Å². The molecule has 2 rings (SSSR count). The molecule has 0 radical (unpaired) electrons. The molecule has 0 aliphatic heterocycles. The molecule has 0 bridgehead atoms. The van der Waals surface area contributed by atoms with Gasteiger partial charge in [0, 0.05) is 13.1 Å². The maximum absolute atomic E-state index is 10.5. The van der Waals surface area contributed by atoms with Crippen molar-refractivity contribution in [3.05, 3.63) is 39.6 Å². The second kappa shape index (κ2) is 4.96. The molecular weight excluding hydrogens is 260 g/mol. The van der Waals surface area contributed by atoms with E-state index in [2.05, 4.69) is 20.4 Å². The number of nitro groups is 1. The minimum Gasteiger partial charge on any atom is -0.361 e. The summed E-state index contributed by atoms with van der Waals surface area (Å²) in [7, 11) is 1.76. The van der Waals surface area contributed by atoms with E-state index in [4.69, 9.17) is 11.6 Å². The number of hydrogen-bond acceptors (Lipinski definition) is 6. The van der Waals surface area contributed by atoms with Crippen LogP contribution >= 0.6 is 11.6 Å². The first-order chi connectivity index (χ1) is 8.56. The van der Waals surface area contributed by atoms with Crippen LogP contribution in [0.3, 0.4) is 0 Å². The van der Waals surface area contributed by atoms with Crippen molar-refractivity contribution in [1.29, 1.82) is 0 Å². The molecular formula is C9H9ClN6O2. The van der Waals surface area contributed by atoms with Crippen LogP contribution in [0.15, 0.2) is 18.6 Å². The third kappa shape index (κ3) is 2.72. The van der Waals surface area contributed by atoms with Crippen molar-refractivity contribution >= 4 is 23.1 Å². The van der Waals surface area contributed by atoms with Crippen LogP contribution in [0.4, 0.5) is 11.5 Å². The minimum absolute atomic E-state index is 0.151. The standard InChI is InChI=1S/C9H9ClN6O2/c1-15-5-13-8(14-15)4-12-9-7(10)2-6(3-11-9)16(17)18/h2-3,5H,4H2,1H3,(H,11,12). The van der Waals surface area contributed by atoms with E-state index < -0.39 is 4.92 Å². The fourth-order valence-corrected chi connectivity index (χ4v) is 1.51. The predicted octanol–water partition coefficient (Wildman–Crippen LogP) is 1.38. The molecule has 2 aromatic rings. The van der Waals surface area contributed by atoms with Crippen molar-refractivity contribution < 1.29 is 4.92 Å². The van der Waals surface area contributed by atoms with Crippen LogP contribution in [-0.2, 0) is 13.6 Å². The summed E-state index contributed by atoms with van der Waals surface area (Å²) in [5.74, 6) is 0.934. The largest absolute Gasteiger partial charge is 0.361 e. The Kier molecular flexibility index (Phi) is 3.38. The van der Waals surface area contributed by atoms with Gasteiger partial charge in [0.25, 0.3) is 5.69 Å². The van der Waals surface area contributed by atoms with E-state index in [1.807, 2.05) is 0 Å². The molecule has 0 atom stereocenters. The number of nitrogens with one attached hydrogen (secondary N) is 1. The van der Waals surface area contributed by atoms with Crippen molar-refractivity contribution in [2.75, 3.05) is 5.32 Å². The van der Waals surface area contributed by atoms with Gasteiger partial charge in [-0.15, -0.1) is 0 Å². The summed E-state index contributed by atoms with van der Waals surface area (Å²) in [6.07, 6.45) is 2.71. The fourth-order valence-electron chi connectivity index (χ4n) is 1.29. The number of pyridine rings is 1. The molecule has 0 spiro atoms. The lowest BCUT2D eigenvalue weighted by atomic mass is 10.4. The van der Waals surface area contributed by atoms with Crippen molar-refractivity contribution in [3.8, 4) is 0 Å². The second-order valence-electron chi connectivity index (χ2n) is 3.47. The van der Waals surface area contributed by atoms with Crippen molar-refractivity contribution in [2.24, 2.45) is 7.05 Å². The molecule has 9 heteroatoms. The summed E-state index contributed by atoms with van der Waals surface area (Å²) in [6, 6.07) is 1.24. The van der Waals surface area contributed by atoms with Crippen LogP contribution in [0.5, 0.6) is 0 Å². The minimum atomic E-state index is -0.553. The molecule has 0 amide bonds. The molecule has 0 aliphatic carbocycles. The first-order valence-corrected chi connectivity index (χ1v) is 5.32. The van der Waals surface area contributed by atoms with Crippen LogP contribution in [-0.4, -0.2) is 24.7 Å². The SMILES string of the molecule is Cn1cnc(CNc2ncc([N+](=O)[O-])cc2Cl)n1. The van der Waals surface area contributed by atoms with Gasteiger partial charge < -0.3 is 5.32 Å². The fraction of sp³-hybridized carbons (Fsp3) is 0.222. The number of hydrogen-bond donors (Lipinski definition) is 1. The lowest BCUT2D eigenvalue weighted by Gasteiger charge is -2.04. The average molecular weight is 269 g/mol. The Morgan fingerprint density at radius 2 is 2.33 bits per heavy atom. The van der Waals surface area contributed by atoms with Gasteiger partial charge in [0.2, 0.25) is 0 Å². The van der Waals surface area contributed by atoms with Gasteiger partial charge in [-0.1, -0.05) is 11.6 Å². The Morgan fingerprint density at radius 3 is 2.89 bits per heavy atom. The second-order valence-corrected chi connectivity index (χ2v) is 3.88. The Labute approximate surface area is 107 Å². The van der Waals surface area contributed by atoms with Gasteiger partial charge in [-0.2, -0.15) is 5.10 Å². The van der Waals surface area contributed by atoms with E-state index in [1.165, 1.54) is 6.07 Å². The Morgan fingerprint density at radius 1 is 1.56 bits per heavy atom. The zero-order valence-corrected chi connectivity index (χ0v) is 10.1.